The number of esters is 2. The van der Waals surface area contributed by atoms with Crippen LogP contribution in [0.5, 0.6) is 0 Å². The third kappa shape index (κ3) is 2.58. The van der Waals surface area contributed by atoms with Gasteiger partial charge in [0.1, 0.15) is 6.10 Å². The van der Waals surface area contributed by atoms with Crippen LogP contribution in [0.1, 0.15) is 27.2 Å². The molecule has 0 amide bonds. The molecule has 0 radical (unpaired) electrons. The van der Waals surface area contributed by atoms with Crippen LogP contribution in [0.2, 0.25) is 0 Å². The van der Waals surface area contributed by atoms with Crippen LogP contribution in [-0.2, 0) is 19.1 Å². The Hall–Kier alpha value is -1.32. The lowest BCUT2D eigenvalue weighted by molar-refractivity contribution is -0.140. The summed E-state index contributed by atoms with van der Waals surface area (Å²) in [5.41, 5.74) is 0.206. The Bertz CT molecular complexity index is 315. The van der Waals surface area contributed by atoms with Crippen LogP contribution in [0.25, 0.3) is 0 Å². The first-order valence-electron chi connectivity index (χ1n) is 4.83. The normalized spacial score (nSPS) is 24.9. The number of ether oxygens (including phenoxy) is 2. The van der Waals surface area contributed by atoms with Gasteiger partial charge in [0.15, 0.2) is 0 Å². The minimum atomic E-state index is -0.395. The van der Waals surface area contributed by atoms with Crippen molar-refractivity contribution in [3.8, 4) is 0 Å². The maximum absolute atomic E-state index is 11.2. The van der Waals surface area contributed by atoms with E-state index in [9.17, 15) is 9.59 Å². The van der Waals surface area contributed by atoms with Gasteiger partial charge in [-0.25, -0.2) is 4.79 Å². The van der Waals surface area contributed by atoms with Crippen molar-refractivity contribution in [2.75, 3.05) is 7.11 Å². The van der Waals surface area contributed by atoms with Crippen molar-refractivity contribution >= 4 is 11.9 Å². The molecule has 1 rings (SSSR count). The van der Waals surface area contributed by atoms with Gasteiger partial charge < -0.3 is 9.47 Å². The van der Waals surface area contributed by atoms with Gasteiger partial charge in [0, 0.05) is 11.0 Å². The molecule has 4 nitrogen and oxygen atoms in total. The van der Waals surface area contributed by atoms with E-state index in [1.807, 2.05) is 13.8 Å². The first-order chi connectivity index (χ1) is 6.86. The van der Waals surface area contributed by atoms with Crippen LogP contribution in [0, 0.1) is 5.41 Å². The molecule has 1 atom stereocenters. The zero-order chi connectivity index (χ0) is 11.6. The number of carbonyl (C=O) groups is 2. The molecule has 0 bridgehead atoms. The number of cyclic esters (lactones) is 1. The highest BCUT2D eigenvalue weighted by atomic mass is 16.6. The van der Waals surface area contributed by atoms with Gasteiger partial charge in [0.2, 0.25) is 0 Å². The van der Waals surface area contributed by atoms with E-state index in [1.165, 1.54) is 7.11 Å². The monoisotopic (exact) mass is 212 g/mol. The predicted octanol–water partition coefficient (Wildman–Crippen LogP) is 1.45. The SMILES string of the molecule is COC(=O)/C(C)=C/C1OC(=O)CC1(C)C. The van der Waals surface area contributed by atoms with Crippen LogP contribution >= 0.6 is 0 Å². The van der Waals surface area contributed by atoms with Crippen LogP contribution in [-0.4, -0.2) is 25.2 Å². The second-order valence-corrected chi connectivity index (χ2v) is 4.42. The van der Waals surface area contributed by atoms with Gasteiger partial charge in [0.05, 0.1) is 13.5 Å². The van der Waals surface area contributed by atoms with Gasteiger partial charge >= 0.3 is 11.9 Å². The average Bonchev–Trinajstić information content (AvgIpc) is 2.38. The summed E-state index contributed by atoms with van der Waals surface area (Å²) in [6.07, 6.45) is 1.68. The average molecular weight is 212 g/mol. The minimum absolute atomic E-state index is 0.223. The Morgan fingerprint density at radius 1 is 1.60 bits per heavy atom. The lowest BCUT2D eigenvalue weighted by Gasteiger charge is -2.20. The molecule has 4 heteroatoms. The van der Waals surface area contributed by atoms with Gasteiger partial charge in [-0.15, -0.1) is 0 Å². The maximum Gasteiger partial charge on any atom is 0.333 e. The Morgan fingerprint density at radius 3 is 2.60 bits per heavy atom. The van der Waals surface area contributed by atoms with Crippen molar-refractivity contribution in [2.24, 2.45) is 5.41 Å². The summed E-state index contributed by atoms with van der Waals surface area (Å²) in [4.78, 5) is 22.3. The van der Waals surface area contributed by atoms with E-state index in [-0.39, 0.29) is 17.5 Å². The van der Waals surface area contributed by atoms with Crippen molar-refractivity contribution < 1.29 is 19.1 Å². The Balaban J connectivity index is 2.82. The molecule has 84 valence electrons. The molecular weight excluding hydrogens is 196 g/mol. The van der Waals surface area contributed by atoms with Gasteiger partial charge in [0.25, 0.3) is 0 Å². The Morgan fingerprint density at radius 2 is 2.20 bits per heavy atom. The second kappa shape index (κ2) is 4.04. The fourth-order valence-electron chi connectivity index (χ4n) is 1.53. The number of carbonyl (C=O) groups excluding carboxylic acids is 2. The highest BCUT2D eigenvalue weighted by Crippen LogP contribution is 2.35. The zero-order valence-corrected chi connectivity index (χ0v) is 9.49. The quantitative estimate of drug-likeness (QED) is 0.513. The molecule has 1 aliphatic rings. The molecule has 1 fully saturated rings. The smallest absolute Gasteiger partial charge is 0.333 e. The fourth-order valence-corrected chi connectivity index (χ4v) is 1.53. The van der Waals surface area contributed by atoms with Gasteiger partial charge in [-0.3, -0.25) is 4.79 Å². The molecule has 0 aromatic carbocycles. The molecule has 0 aromatic rings. The van der Waals surface area contributed by atoms with Crippen molar-refractivity contribution in [3.05, 3.63) is 11.6 Å². The third-order valence-electron chi connectivity index (χ3n) is 2.54. The van der Waals surface area contributed by atoms with E-state index in [4.69, 9.17) is 4.74 Å². The maximum atomic E-state index is 11.2. The van der Waals surface area contributed by atoms with E-state index < -0.39 is 5.97 Å². The Kier molecular flexibility index (Phi) is 3.17. The second-order valence-electron chi connectivity index (χ2n) is 4.42. The summed E-state index contributed by atoms with van der Waals surface area (Å²) >= 11 is 0. The van der Waals surface area contributed by atoms with Crippen LogP contribution in [0.15, 0.2) is 11.6 Å². The van der Waals surface area contributed by atoms with E-state index in [2.05, 4.69) is 4.74 Å². The summed E-state index contributed by atoms with van der Waals surface area (Å²) in [6.45, 7) is 5.52. The molecule has 0 spiro atoms. The fraction of sp³-hybridized carbons (Fsp3) is 0.636. The molecular formula is C11H16O4. The number of methoxy groups -OCH3 is 1. The van der Waals surface area contributed by atoms with E-state index >= 15 is 0 Å². The van der Waals surface area contributed by atoms with Crippen LogP contribution in [0.4, 0.5) is 0 Å². The Labute approximate surface area is 89.2 Å². The molecule has 0 saturated carbocycles. The molecule has 15 heavy (non-hydrogen) atoms. The van der Waals surface area contributed by atoms with Crippen molar-refractivity contribution in [1.29, 1.82) is 0 Å². The van der Waals surface area contributed by atoms with Gasteiger partial charge in [-0.05, 0) is 13.0 Å². The standard InChI is InChI=1S/C11H16O4/c1-7(10(13)14-4)5-8-11(2,3)6-9(12)15-8/h5,8H,6H2,1-4H3/b7-5+. The summed E-state index contributed by atoms with van der Waals surface area (Å²) in [5.74, 6) is -0.618. The van der Waals surface area contributed by atoms with Crippen molar-refractivity contribution in [2.45, 2.75) is 33.3 Å². The summed E-state index contributed by atoms with van der Waals surface area (Å²) in [6, 6.07) is 0. The lowest BCUT2D eigenvalue weighted by Crippen LogP contribution is -2.23. The summed E-state index contributed by atoms with van der Waals surface area (Å²) in [5, 5.41) is 0. The van der Waals surface area contributed by atoms with Gasteiger partial charge in [-0.1, -0.05) is 13.8 Å². The molecule has 1 heterocycles. The largest absolute Gasteiger partial charge is 0.466 e. The molecule has 1 aliphatic heterocycles. The molecule has 0 aliphatic carbocycles. The third-order valence-corrected chi connectivity index (χ3v) is 2.54. The minimum Gasteiger partial charge on any atom is -0.466 e. The van der Waals surface area contributed by atoms with E-state index in [1.54, 1.807) is 13.0 Å². The summed E-state index contributed by atoms with van der Waals surface area (Å²) < 4.78 is 9.69. The van der Waals surface area contributed by atoms with E-state index in [0.29, 0.717) is 12.0 Å². The topological polar surface area (TPSA) is 52.6 Å². The molecule has 0 N–H and O–H groups in total. The summed E-state index contributed by atoms with van der Waals surface area (Å²) in [7, 11) is 1.32. The van der Waals surface area contributed by atoms with Crippen LogP contribution in [0.3, 0.4) is 0 Å². The first-order valence-corrected chi connectivity index (χ1v) is 4.83. The van der Waals surface area contributed by atoms with E-state index in [0.717, 1.165) is 0 Å². The van der Waals surface area contributed by atoms with Crippen molar-refractivity contribution in [3.63, 3.8) is 0 Å². The highest BCUT2D eigenvalue weighted by Gasteiger charge is 2.40. The van der Waals surface area contributed by atoms with Crippen molar-refractivity contribution in [1.82, 2.24) is 0 Å². The van der Waals surface area contributed by atoms with Crippen LogP contribution < -0.4 is 0 Å². The molecule has 1 unspecified atom stereocenters. The first kappa shape index (κ1) is 11.8. The highest BCUT2D eigenvalue weighted by molar-refractivity contribution is 5.88. The number of rotatable bonds is 2. The van der Waals surface area contributed by atoms with Gasteiger partial charge in [-0.2, -0.15) is 0 Å². The number of hydrogen-bond acceptors (Lipinski definition) is 4. The molecule has 1 saturated heterocycles. The predicted molar refractivity (Wildman–Crippen MR) is 54.1 cm³/mol. The molecule has 0 aromatic heterocycles. The zero-order valence-electron chi connectivity index (χ0n) is 9.49. The lowest BCUT2D eigenvalue weighted by atomic mass is 9.85. The number of hydrogen-bond donors (Lipinski definition) is 0.